The first-order valence-corrected chi connectivity index (χ1v) is 6.12. The van der Waals surface area contributed by atoms with Gasteiger partial charge in [-0.3, -0.25) is 4.79 Å². The average molecular weight is 300 g/mol. The summed E-state index contributed by atoms with van der Waals surface area (Å²) in [7, 11) is 1.64. The summed E-state index contributed by atoms with van der Waals surface area (Å²) in [6.45, 7) is 0.625. The standard InChI is InChI=1S/C11H14BrN3O2/c1-17-7-5-9(10(13)16)15(6-7)11-8(12)3-2-4-14-11/h2-4,7,9H,5-6H2,1H3,(H2,13,16)/t7-,9-/m0/s1. The van der Waals surface area contributed by atoms with Crippen molar-refractivity contribution in [3.63, 3.8) is 0 Å². The number of primary amides is 1. The van der Waals surface area contributed by atoms with Gasteiger partial charge >= 0.3 is 0 Å². The molecule has 6 heteroatoms. The highest BCUT2D eigenvalue weighted by atomic mass is 79.9. The number of halogens is 1. The summed E-state index contributed by atoms with van der Waals surface area (Å²) in [6, 6.07) is 3.36. The van der Waals surface area contributed by atoms with Crippen LogP contribution < -0.4 is 10.6 Å². The fourth-order valence-corrected chi connectivity index (χ4v) is 2.54. The molecule has 92 valence electrons. The highest BCUT2D eigenvalue weighted by Crippen LogP contribution is 2.30. The zero-order valence-corrected chi connectivity index (χ0v) is 11.1. The normalized spacial score (nSPS) is 24.0. The van der Waals surface area contributed by atoms with Gasteiger partial charge in [-0.1, -0.05) is 0 Å². The summed E-state index contributed by atoms with van der Waals surface area (Å²) < 4.78 is 6.14. The van der Waals surface area contributed by atoms with Gasteiger partial charge in [0.25, 0.3) is 0 Å². The van der Waals surface area contributed by atoms with Crippen LogP contribution in [0.25, 0.3) is 0 Å². The van der Waals surface area contributed by atoms with Crippen molar-refractivity contribution in [3.05, 3.63) is 22.8 Å². The number of methoxy groups -OCH3 is 1. The molecule has 1 saturated heterocycles. The quantitative estimate of drug-likeness (QED) is 0.901. The molecule has 2 N–H and O–H groups in total. The topological polar surface area (TPSA) is 68.5 Å². The van der Waals surface area contributed by atoms with Gasteiger partial charge in [0.1, 0.15) is 11.9 Å². The van der Waals surface area contributed by atoms with E-state index >= 15 is 0 Å². The first-order valence-electron chi connectivity index (χ1n) is 5.32. The van der Waals surface area contributed by atoms with Crippen molar-refractivity contribution in [2.24, 2.45) is 5.73 Å². The molecule has 0 saturated carbocycles. The third-order valence-electron chi connectivity index (χ3n) is 2.94. The van der Waals surface area contributed by atoms with Crippen LogP contribution in [0.3, 0.4) is 0 Å². The van der Waals surface area contributed by atoms with Gasteiger partial charge in [-0.15, -0.1) is 0 Å². The maximum Gasteiger partial charge on any atom is 0.240 e. The first-order chi connectivity index (χ1) is 8.13. The van der Waals surface area contributed by atoms with Gasteiger partial charge in [0.15, 0.2) is 0 Å². The van der Waals surface area contributed by atoms with Crippen LogP contribution in [0, 0.1) is 0 Å². The van der Waals surface area contributed by atoms with Crippen molar-refractivity contribution < 1.29 is 9.53 Å². The zero-order chi connectivity index (χ0) is 12.4. The van der Waals surface area contributed by atoms with Crippen LogP contribution in [0.1, 0.15) is 6.42 Å². The molecule has 0 aromatic carbocycles. The Morgan fingerprint density at radius 1 is 1.71 bits per heavy atom. The van der Waals surface area contributed by atoms with Crippen molar-refractivity contribution >= 4 is 27.7 Å². The molecule has 1 fully saturated rings. The van der Waals surface area contributed by atoms with E-state index in [9.17, 15) is 4.79 Å². The van der Waals surface area contributed by atoms with Crippen LogP contribution >= 0.6 is 15.9 Å². The number of anilines is 1. The van der Waals surface area contributed by atoms with E-state index in [1.807, 2.05) is 17.0 Å². The highest BCUT2D eigenvalue weighted by Gasteiger charge is 2.37. The Balaban J connectivity index is 2.30. The summed E-state index contributed by atoms with van der Waals surface area (Å²) in [5.74, 6) is 0.387. The van der Waals surface area contributed by atoms with Crippen LogP contribution in [0.2, 0.25) is 0 Å². The number of pyridine rings is 1. The predicted octanol–water partition coefficient (Wildman–Crippen LogP) is 0.923. The Morgan fingerprint density at radius 3 is 3.06 bits per heavy atom. The predicted molar refractivity (Wildman–Crippen MR) is 67.7 cm³/mol. The largest absolute Gasteiger partial charge is 0.380 e. The summed E-state index contributed by atoms with van der Waals surface area (Å²) in [6.07, 6.45) is 2.31. The number of hydrogen-bond acceptors (Lipinski definition) is 4. The molecule has 1 aliphatic heterocycles. The molecule has 2 heterocycles. The van der Waals surface area contributed by atoms with Crippen molar-refractivity contribution in [2.75, 3.05) is 18.6 Å². The van der Waals surface area contributed by atoms with E-state index < -0.39 is 0 Å². The van der Waals surface area contributed by atoms with Gasteiger partial charge in [-0.25, -0.2) is 4.98 Å². The number of aromatic nitrogens is 1. The minimum atomic E-state index is -0.355. The summed E-state index contributed by atoms with van der Waals surface area (Å²) in [4.78, 5) is 17.6. The Morgan fingerprint density at radius 2 is 2.47 bits per heavy atom. The number of hydrogen-bond donors (Lipinski definition) is 1. The highest BCUT2D eigenvalue weighted by molar-refractivity contribution is 9.10. The van der Waals surface area contributed by atoms with Crippen molar-refractivity contribution in [1.82, 2.24) is 4.98 Å². The van der Waals surface area contributed by atoms with Gasteiger partial charge in [0.2, 0.25) is 5.91 Å². The van der Waals surface area contributed by atoms with E-state index in [0.29, 0.717) is 13.0 Å². The minimum absolute atomic E-state index is 0.0152. The fraction of sp³-hybridized carbons (Fsp3) is 0.455. The number of carbonyl (C=O) groups is 1. The van der Waals surface area contributed by atoms with Crippen LogP contribution in [0.5, 0.6) is 0 Å². The third kappa shape index (κ3) is 2.42. The second-order valence-electron chi connectivity index (χ2n) is 3.97. The van der Waals surface area contributed by atoms with Crippen LogP contribution in [-0.2, 0) is 9.53 Å². The lowest BCUT2D eigenvalue weighted by Crippen LogP contribution is -2.40. The van der Waals surface area contributed by atoms with Gasteiger partial charge in [-0.2, -0.15) is 0 Å². The monoisotopic (exact) mass is 299 g/mol. The maximum absolute atomic E-state index is 11.4. The van der Waals surface area contributed by atoms with E-state index in [0.717, 1.165) is 10.3 Å². The molecule has 1 amide bonds. The molecule has 17 heavy (non-hydrogen) atoms. The molecular formula is C11H14BrN3O2. The maximum atomic E-state index is 11.4. The molecule has 2 atom stereocenters. The van der Waals surface area contributed by atoms with Crippen molar-refractivity contribution in [1.29, 1.82) is 0 Å². The molecule has 2 rings (SSSR count). The van der Waals surface area contributed by atoms with Gasteiger partial charge < -0.3 is 15.4 Å². The smallest absolute Gasteiger partial charge is 0.240 e. The van der Waals surface area contributed by atoms with Crippen LogP contribution in [-0.4, -0.2) is 36.7 Å². The SMILES string of the molecule is CO[C@H]1C[C@@H](C(N)=O)N(c2ncccc2Br)C1. The molecule has 1 aromatic rings. The molecule has 0 aliphatic carbocycles. The van der Waals surface area contributed by atoms with E-state index in [1.165, 1.54) is 0 Å². The Labute approximate surface area is 108 Å². The lowest BCUT2D eigenvalue weighted by atomic mass is 10.2. The van der Waals surface area contributed by atoms with Crippen LogP contribution in [0.15, 0.2) is 22.8 Å². The molecule has 1 aliphatic rings. The Bertz CT molecular complexity index is 427. The molecular weight excluding hydrogens is 286 g/mol. The Kier molecular flexibility index (Phi) is 3.63. The van der Waals surface area contributed by atoms with Gasteiger partial charge in [-0.05, 0) is 28.1 Å². The second kappa shape index (κ2) is 5.01. The Hall–Kier alpha value is -1.14. The summed E-state index contributed by atoms with van der Waals surface area (Å²) in [5, 5.41) is 0. The van der Waals surface area contributed by atoms with Crippen molar-refractivity contribution in [3.8, 4) is 0 Å². The zero-order valence-electron chi connectivity index (χ0n) is 9.47. The van der Waals surface area contributed by atoms with Crippen molar-refractivity contribution in [2.45, 2.75) is 18.6 Å². The number of rotatable bonds is 3. The second-order valence-corrected chi connectivity index (χ2v) is 4.83. The van der Waals surface area contributed by atoms with Gasteiger partial charge in [0.05, 0.1) is 10.6 Å². The van der Waals surface area contributed by atoms with E-state index in [1.54, 1.807) is 13.3 Å². The molecule has 0 unspecified atom stereocenters. The summed E-state index contributed by atoms with van der Waals surface area (Å²) >= 11 is 3.43. The fourth-order valence-electron chi connectivity index (χ4n) is 2.06. The van der Waals surface area contributed by atoms with E-state index in [-0.39, 0.29) is 18.1 Å². The molecule has 0 radical (unpaired) electrons. The average Bonchev–Trinajstić information content (AvgIpc) is 2.73. The third-order valence-corrected chi connectivity index (χ3v) is 3.55. The summed E-state index contributed by atoms with van der Waals surface area (Å²) in [5.41, 5.74) is 5.41. The number of nitrogens with two attached hydrogens (primary N) is 1. The van der Waals surface area contributed by atoms with E-state index in [4.69, 9.17) is 10.5 Å². The molecule has 0 spiro atoms. The number of nitrogens with zero attached hydrogens (tertiary/aromatic N) is 2. The molecule has 1 aromatic heterocycles. The number of amides is 1. The first kappa shape index (κ1) is 12.3. The molecule has 5 nitrogen and oxygen atoms in total. The van der Waals surface area contributed by atoms with Gasteiger partial charge in [0, 0.05) is 26.3 Å². The molecule has 0 bridgehead atoms. The lowest BCUT2D eigenvalue weighted by Gasteiger charge is -2.23. The number of carbonyl (C=O) groups excluding carboxylic acids is 1. The minimum Gasteiger partial charge on any atom is -0.380 e. The van der Waals surface area contributed by atoms with Crippen LogP contribution in [0.4, 0.5) is 5.82 Å². The van der Waals surface area contributed by atoms with E-state index in [2.05, 4.69) is 20.9 Å². The number of ether oxygens (including phenoxy) is 1. The lowest BCUT2D eigenvalue weighted by molar-refractivity contribution is -0.119.